The number of nitrogens with zero attached hydrogens (tertiary/aromatic N) is 4. The summed E-state index contributed by atoms with van der Waals surface area (Å²) >= 11 is 0. The number of carbonyl (C=O) groups excluding carboxylic acids is 1. The number of hydrogen-bond acceptors (Lipinski definition) is 8. The Balaban J connectivity index is 1.33. The zero-order valence-electron chi connectivity index (χ0n) is 16.8. The minimum atomic E-state index is -0.249. The van der Waals surface area contributed by atoms with Crippen LogP contribution >= 0.6 is 0 Å². The van der Waals surface area contributed by atoms with E-state index in [0.717, 1.165) is 31.5 Å². The molecule has 0 N–H and O–H groups in total. The molecule has 156 valence electrons. The van der Waals surface area contributed by atoms with Gasteiger partial charge in [-0.25, -0.2) is 0 Å². The summed E-state index contributed by atoms with van der Waals surface area (Å²) in [4.78, 5) is 21.1. The predicted molar refractivity (Wildman–Crippen MR) is 104 cm³/mol. The van der Waals surface area contributed by atoms with Crippen molar-refractivity contribution in [3.8, 4) is 22.9 Å². The monoisotopic (exact) mass is 402 g/mol. The van der Waals surface area contributed by atoms with Gasteiger partial charge < -0.3 is 23.6 Å². The largest absolute Gasteiger partial charge is 0.493 e. The van der Waals surface area contributed by atoms with Gasteiger partial charge in [0.25, 0.3) is 5.91 Å². The summed E-state index contributed by atoms with van der Waals surface area (Å²) in [6.45, 7) is 4.17. The molecule has 2 aliphatic heterocycles. The first-order valence-corrected chi connectivity index (χ1v) is 9.85. The molecule has 2 aromatic rings. The summed E-state index contributed by atoms with van der Waals surface area (Å²) in [5.41, 5.74) is 0.796. The number of carbonyl (C=O) groups is 1. The molecule has 2 saturated heterocycles. The topological polar surface area (TPSA) is 90.2 Å². The fourth-order valence-electron chi connectivity index (χ4n) is 3.71. The standard InChI is InChI=1S/C20H26N4O5/c1-26-15-6-5-14(12-17(15)27-2)19-21-18(29-22-19)13-23-7-9-24(10-8-23)20(25)16-4-3-11-28-16/h5-6,12,16H,3-4,7-11,13H2,1-2H3/t16-/m0/s1. The number of rotatable bonds is 6. The van der Waals surface area contributed by atoms with Gasteiger partial charge in [-0.05, 0) is 31.0 Å². The lowest BCUT2D eigenvalue weighted by Crippen LogP contribution is -2.51. The van der Waals surface area contributed by atoms with Gasteiger partial charge in [-0.1, -0.05) is 5.16 Å². The molecule has 1 aromatic heterocycles. The van der Waals surface area contributed by atoms with Gasteiger partial charge in [0.05, 0.1) is 20.8 Å². The minimum absolute atomic E-state index is 0.121. The maximum Gasteiger partial charge on any atom is 0.251 e. The maximum atomic E-state index is 12.4. The smallest absolute Gasteiger partial charge is 0.251 e. The second-order valence-corrected chi connectivity index (χ2v) is 7.18. The quantitative estimate of drug-likeness (QED) is 0.719. The summed E-state index contributed by atoms with van der Waals surface area (Å²) in [6.07, 6.45) is 1.55. The van der Waals surface area contributed by atoms with Crippen LogP contribution in [0.15, 0.2) is 22.7 Å². The Hall–Kier alpha value is -2.65. The molecule has 0 unspecified atom stereocenters. The second-order valence-electron chi connectivity index (χ2n) is 7.18. The highest BCUT2D eigenvalue weighted by atomic mass is 16.5. The number of methoxy groups -OCH3 is 2. The Bertz CT molecular complexity index is 841. The Labute approximate surface area is 169 Å². The molecule has 0 spiro atoms. The minimum Gasteiger partial charge on any atom is -0.493 e. The molecule has 0 radical (unpaired) electrons. The van der Waals surface area contributed by atoms with E-state index in [4.69, 9.17) is 18.7 Å². The zero-order chi connectivity index (χ0) is 20.2. The van der Waals surface area contributed by atoms with Crippen molar-refractivity contribution in [2.75, 3.05) is 47.0 Å². The van der Waals surface area contributed by atoms with E-state index in [0.29, 0.717) is 49.5 Å². The van der Waals surface area contributed by atoms with Crippen molar-refractivity contribution in [1.82, 2.24) is 19.9 Å². The SMILES string of the molecule is COc1ccc(-c2noc(CN3CCN(C(=O)[C@@H]4CCCO4)CC3)n2)cc1OC. The number of piperazine rings is 1. The third-order valence-electron chi connectivity index (χ3n) is 5.36. The van der Waals surface area contributed by atoms with Gasteiger partial charge in [-0.2, -0.15) is 4.98 Å². The molecule has 1 aromatic carbocycles. The van der Waals surface area contributed by atoms with Crippen LogP contribution in [0, 0.1) is 0 Å². The van der Waals surface area contributed by atoms with Crippen molar-refractivity contribution >= 4 is 5.91 Å². The summed E-state index contributed by atoms with van der Waals surface area (Å²) in [7, 11) is 3.19. The van der Waals surface area contributed by atoms with Gasteiger partial charge in [-0.15, -0.1) is 0 Å². The highest BCUT2D eigenvalue weighted by Gasteiger charge is 2.30. The first kappa shape index (κ1) is 19.7. The molecule has 29 heavy (non-hydrogen) atoms. The van der Waals surface area contributed by atoms with E-state index in [1.54, 1.807) is 14.2 Å². The van der Waals surface area contributed by atoms with Crippen molar-refractivity contribution in [2.45, 2.75) is 25.5 Å². The number of hydrogen-bond donors (Lipinski definition) is 0. The predicted octanol–water partition coefficient (Wildman–Crippen LogP) is 1.58. The van der Waals surface area contributed by atoms with E-state index < -0.39 is 0 Å². The lowest BCUT2D eigenvalue weighted by molar-refractivity contribution is -0.142. The number of amides is 1. The number of ether oxygens (including phenoxy) is 3. The normalized spacial score (nSPS) is 20.1. The highest BCUT2D eigenvalue weighted by molar-refractivity contribution is 5.81. The van der Waals surface area contributed by atoms with E-state index in [2.05, 4.69) is 15.0 Å². The second kappa shape index (κ2) is 8.79. The van der Waals surface area contributed by atoms with Gasteiger partial charge >= 0.3 is 0 Å². The molecule has 0 saturated carbocycles. The molecular weight excluding hydrogens is 376 g/mol. The molecule has 4 rings (SSSR count). The van der Waals surface area contributed by atoms with Gasteiger partial charge in [0.2, 0.25) is 11.7 Å². The molecule has 0 bridgehead atoms. The van der Waals surface area contributed by atoms with Crippen LogP contribution in [0.4, 0.5) is 0 Å². The number of aromatic nitrogens is 2. The number of benzene rings is 1. The summed E-state index contributed by atoms with van der Waals surface area (Å²) in [5, 5.41) is 4.09. The lowest BCUT2D eigenvalue weighted by atomic mass is 10.2. The van der Waals surface area contributed by atoms with Crippen molar-refractivity contribution in [1.29, 1.82) is 0 Å². The molecule has 2 aliphatic rings. The molecule has 9 nitrogen and oxygen atoms in total. The van der Waals surface area contributed by atoms with Gasteiger partial charge in [0.1, 0.15) is 6.10 Å². The van der Waals surface area contributed by atoms with Crippen molar-refractivity contribution in [3.05, 3.63) is 24.1 Å². The Morgan fingerprint density at radius 2 is 1.97 bits per heavy atom. The van der Waals surface area contributed by atoms with Crippen LogP contribution in [-0.2, 0) is 16.1 Å². The maximum absolute atomic E-state index is 12.4. The fraction of sp³-hybridized carbons (Fsp3) is 0.550. The van der Waals surface area contributed by atoms with E-state index in [-0.39, 0.29) is 12.0 Å². The van der Waals surface area contributed by atoms with Crippen LogP contribution in [0.3, 0.4) is 0 Å². The van der Waals surface area contributed by atoms with Gasteiger partial charge in [0.15, 0.2) is 11.5 Å². The Morgan fingerprint density at radius 1 is 1.17 bits per heavy atom. The molecular formula is C20H26N4O5. The molecule has 1 amide bonds. The van der Waals surface area contributed by atoms with E-state index in [1.807, 2.05) is 23.1 Å². The Morgan fingerprint density at radius 3 is 2.66 bits per heavy atom. The van der Waals surface area contributed by atoms with Crippen LogP contribution in [0.2, 0.25) is 0 Å². The lowest BCUT2D eigenvalue weighted by Gasteiger charge is -2.35. The first-order chi connectivity index (χ1) is 14.2. The van der Waals surface area contributed by atoms with E-state index in [9.17, 15) is 4.79 Å². The summed E-state index contributed by atoms with van der Waals surface area (Å²) < 4.78 is 21.5. The zero-order valence-corrected chi connectivity index (χ0v) is 16.8. The first-order valence-electron chi connectivity index (χ1n) is 9.85. The van der Waals surface area contributed by atoms with Crippen molar-refractivity contribution in [2.24, 2.45) is 0 Å². The Kier molecular flexibility index (Phi) is 5.96. The molecule has 9 heteroatoms. The van der Waals surface area contributed by atoms with Crippen LogP contribution in [0.25, 0.3) is 11.4 Å². The summed E-state index contributed by atoms with van der Waals surface area (Å²) in [6, 6.07) is 5.50. The van der Waals surface area contributed by atoms with Crippen molar-refractivity contribution < 1.29 is 23.5 Å². The molecule has 3 heterocycles. The molecule has 2 fully saturated rings. The molecule has 1 atom stereocenters. The average Bonchev–Trinajstić information content (AvgIpc) is 3.46. The van der Waals surface area contributed by atoms with Crippen LogP contribution in [-0.4, -0.2) is 79.0 Å². The van der Waals surface area contributed by atoms with E-state index in [1.165, 1.54) is 0 Å². The van der Waals surface area contributed by atoms with Crippen LogP contribution in [0.1, 0.15) is 18.7 Å². The van der Waals surface area contributed by atoms with Gasteiger partial charge in [-0.3, -0.25) is 9.69 Å². The fourth-order valence-corrected chi connectivity index (χ4v) is 3.71. The third-order valence-corrected chi connectivity index (χ3v) is 5.36. The van der Waals surface area contributed by atoms with Crippen LogP contribution < -0.4 is 9.47 Å². The summed E-state index contributed by atoms with van der Waals surface area (Å²) in [5.74, 6) is 2.44. The van der Waals surface area contributed by atoms with Crippen LogP contribution in [0.5, 0.6) is 11.5 Å². The third kappa shape index (κ3) is 4.35. The molecule has 0 aliphatic carbocycles. The highest BCUT2D eigenvalue weighted by Crippen LogP contribution is 2.31. The average molecular weight is 402 g/mol. The van der Waals surface area contributed by atoms with E-state index >= 15 is 0 Å². The van der Waals surface area contributed by atoms with Gasteiger partial charge in [0, 0.05) is 38.3 Å². The van der Waals surface area contributed by atoms with Crippen molar-refractivity contribution in [3.63, 3.8) is 0 Å².